The summed E-state index contributed by atoms with van der Waals surface area (Å²) in [7, 11) is 0. The summed E-state index contributed by atoms with van der Waals surface area (Å²) in [4.78, 5) is 21.8. The van der Waals surface area contributed by atoms with E-state index in [1.165, 1.54) is 13.8 Å². The summed E-state index contributed by atoms with van der Waals surface area (Å²) < 4.78 is 0. The Kier molecular flexibility index (Phi) is 6.14. The summed E-state index contributed by atoms with van der Waals surface area (Å²) in [6.07, 6.45) is -1.95. The number of carbonyl (C=O) groups is 2. The van der Waals surface area contributed by atoms with Crippen molar-refractivity contribution in [2.75, 3.05) is 11.9 Å². The van der Waals surface area contributed by atoms with Crippen LogP contribution in [0.2, 0.25) is 0 Å². The molecule has 1 rings (SSSR count). The van der Waals surface area contributed by atoms with Gasteiger partial charge < -0.3 is 20.8 Å². The van der Waals surface area contributed by atoms with Gasteiger partial charge in [-0.1, -0.05) is 18.2 Å². The molecule has 0 radical (unpaired) electrons. The van der Waals surface area contributed by atoms with Crippen LogP contribution < -0.4 is 10.6 Å². The molecule has 0 aliphatic rings. The van der Waals surface area contributed by atoms with Crippen LogP contribution >= 0.6 is 0 Å². The minimum Gasteiger partial charge on any atom is -0.390 e. The first-order valence-electron chi connectivity index (χ1n) is 6.39. The molecular formula is C14H20N2O4. The number of aliphatic hydroxyl groups excluding tert-OH is 2. The van der Waals surface area contributed by atoms with Crippen LogP contribution in [0.5, 0.6) is 0 Å². The molecule has 1 aromatic carbocycles. The van der Waals surface area contributed by atoms with Gasteiger partial charge in [-0.15, -0.1) is 0 Å². The van der Waals surface area contributed by atoms with Gasteiger partial charge in [0.05, 0.1) is 6.10 Å². The largest absolute Gasteiger partial charge is 0.390 e. The van der Waals surface area contributed by atoms with Gasteiger partial charge in [0.15, 0.2) is 0 Å². The number of para-hydroxylation sites is 1. The van der Waals surface area contributed by atoms with Crippen LogP contribution in [-0.4, -0.2) is 34.7 Å². The maximum absolute atomic E-state index is 11.1. The predicted molar refractivity (Wildman–Crippen MR) is 75.0 cm³/mol. The molecule has 0 heterocycles. The first-order valence-corrected chi connectivity index (χ1v) is 6.39. The average Bonchev–Trinajstić information content (AvgIpc) is 2.37. The minimum atomic E-state index is -1.13. The normalized spacial score (nSPS) is 13.4. The highest BCUT2D eigenvalue weighted by molar-refractivity contribution is 5.89. The fraction of sp³-hybridized carbons (Fsp3) is 0.429. The molecule has 2 amide bonds. The van der Waals surface area contributed by atoms with E-state index < -0.39 is 12.2 Å². The number of amides is 2. The van der Waals surface area contributed by atoms with Crippen molar-refractivity contribution in [2.45, 2.75) is 32.5 Å². The lowest BCUT2D eigenvalue weighted by molar-refractivity contribution is -0.119. The highest BCUT2D eigenvalue weighted by atomic mass is 16.3. The number of carbonyl (C=O) groups excluding carboxylic acids is 2. The molecule has 1 aromatic rings. The highest BCUT2D eigenvalue weighted by Gasteiger charge is 2.21. The standard InChI is InChI=1S/C14H20N2O4/c1-9(17)15-8-7-13(19)14(20)11-5-3-4-6-12(11)16-10(2)18/h3-6,13-14,19-20H,7-8H2,1-2H3,(H,15,17)(H,16,18). The molecule has 2 unspecified atom stereocenters. The zero-order chi connectivity index (χ0) is 15.1. The molecule has 0 aliphatic heterocycles. The maximum atomic E-state index is 11.1. The Morgan fingerprint density at radius 1 is 1.15 bits per heavy atom. The molecule has 0 fully saturated rings. The third-order valence-electron chi connectivity index (χ3n) is 2.77. The van der Waals surface area contributed by atoms with Crippen molar-refractivity contribution < 1.29 is 19.8 Å². The lowest BCUT2D eigenvalue weighted by Gasteiger charge is -2.21. The van der Waals surface area contributed by atoms with Gasteiger partial charge in [0, 0.05) is 31.6 Å². The lowest BCUT2D eigenvalue weighted by Crippen LogP contribution is -2.28. The second kappa shape index (κ2) is 7.62. The molecule has 4 N–H and O–H groups in total. The van der Waals surface area contributed by atoms with Crippen LogP contribution in [0.15, 0.2) is 24.3 Å². The molecule has 0 aromatic heterocycles. The Balaban J connectivity index is 2.72. The molecule has 2 atom stereocenters. The Hall–Kier alpha value is -1.92. The van der Waals surface area contributed by atoms with Crippen LogP contribution in [0, 0.1) is 0 Å². The van der Waals surface area contributed by atoms with Crippen LogP contribution in [0.4, 0.5) is 5.69 Å². The van der Waals surface area contributed by atoms with Crippen molar-refractivity contribution in [3.05, 3.63) is 29.8 Å². The van der Waals surface area contributed by atoms with E-state index in [4.69, 9.17) is 0 Å². The lowest BCUT2D eigenvalue weighted by atomic mass is 10.00. The van der Waals surface area contributed by atoms with E-state index in [1.807, 2.05) is 0 Å². The average molecular weight is 280 g/mol. The number of anilines is 1. The summed E-state index contributed by atoms with van der Waals surface area (Å²) in [6, 6.07) is 6.73. The SMILES string of the molecule is CC(=O)NCCC(O)C(O)c1ccccc1NC(C)=O. The Bertz CT molecular complexity index is 476. The highest BCUT2D eigenvalue weighted by Crippen LogP contribution is 2.26. The van der Waals surface area contributed by atoms with Crippen molar-refractivity contribution in [1.82, 2.24) is 5.32 Å². The summed E-state index contributed by atoms with van der Waals surface area (Å²) in [6.45, 7) is 3.03. The smallest absolute Gasteiger partial charge is 0.221 e. The molecule has 110 valence electrons. The van der Waals surface area contributed by atoms with Gasteiger partial charge in [0.1, 0.15) is 6.10 Å². The summed E-state index contributed by atoms with van der Waals surface area (Å²) >= 11 is 0. The molecule has 0 bridgehead atoms. The molecule has 0 spiro atoms. The first kappa shape index (κ1) is 16.1. The third kappa shape index (κ3) is 4.99. The van der Waals surface area contributed by atoms with Crippen molar-refractivity contribution in [1.29, 1.82) is 0 Å². The third-order valence-corrected chi connectivity index (χ3v) is 2.77. The summed E-state index contributed by atoms with van der Waals surface area (Å²) in [5.41, 5.74) is 0.907. The van der Waals surface area contributed by atoms with Gasteiger partial charge >= 0.3 is 0 Å². The van der Waals surface area contributed by atoms with E-state index in [0.29, 0.717) is 11.3 Å². The van der Waals surface area contributed by atoms with E-state index in [9.17, 15) is 19.8 Å². The van der Waals surface area contributed by atoms with Gasteiger partial charge in [0.25, 0.3) is 0 Å². The van der Waals surface area contributed by atoms with Gasteiger partial charge in [-0.25, -0.2) is 0 Å². The number of aliphatic hydroxyl groups is 2. The van der Waals surface area contributed by atoms with Gasteiger partial charge in [-0.3, -0.25) is 9.59 Å². The number of benzene rings is 1. The van der Waals surface area contributed by atoms with Gasteiger partial charge in [-0.05, 0) is 12.5 Å². The fourth-order valence-electron chi connectivity index (χ4n) is 1.82. The number of hydrogen-bond donors (Lipinski definition) is 4. The fourth-order valence-corrected chi connectivity index (χ4v) is 1.82. The zero-order valence-corrected chi connectivity index (χ0v) is 11.6. The molecule has 6 heteroatoms. The number of hydrogen-bond acceptors (Lipinski definition) is 4. The summed E-state index contributed by atoms with van der Waals surface area (Å²) in [5.74, 6) is -0.442. The number of nitrogens with one attached hydrogen (secondary N) is 2. The van der Waals surface area contributed by atoms with Gasteiger partial charge in [-0.2, -0.15) is 0 Å². The van der Waals surface area contributed by atoms with E-state index in [-0.39, 0.29) is 24.8 Å². The topological polar surface area (TPSA) is 98.7 Å². The van der Waals surface area contributed by atoms with Crippen molar-refractivity contribution >= 4 is 17.5 Å². The molecule has 20 heavy (non-hydrogen) atoms. The van der Waals surface area contributed by atoms with Crippen LogP contribution in [0.1, 0.15) is 31.9 Å². The van der Waals surface area contributed by atoms with Crippen LogP contribution in [0.3, 0.4) is 0 Å². The van der Waals surface area contributed by atoms with E-state index >= 15 is 0 Å². The monoisotopic (exact) mass is 280 g/mol. The Labute approximate surface area is 117 Å². The molecule has 0 saturated heterocycles. The zero-order valence-electron chi connectivity index (χ0n) is 11.6. The van der Waals surface area contributed by atoms with Gasteiger partial charge in [0.2, 0.25) is 11.8 Å². The molecule has 0 saturated carbocycles. The first-order chi connectivity index (χ1) is 9.41. The molecular weight excluding hydrogens is 260 g/mol. The Morgan fingerprint density at radius 3 is 2.40 bits per heavy atom. The van der Waals surface area contributed by atoms with Crippen LogP contribution in [-0.2, 0) is 9.59 Å². The Morgan fingerprint density at radius 2 is 1.80 bits per heavy atom. The van der Waals surface area contributed by atoms with Crippen molar-refractivity contribution in [2.24, 2.45) is 0 Å². The quantitative estimate of drug-likeness (QED) is 0.612. The van der Waals surface area contributed by atoms with E-state index in [1.54, 1.807) is 24.3 Å². The molecule has 0 aliphatic carbocycles. The second-order valence-electron chi connectivity index (χ2n) is 4.55. The van der Waals surface area contributed by atoms with Crippen LogP contribution in [0.25, 0.3) is 0 Å². The summed E-state index contributed by atoms with van der Waals surface area (Å²) in [5, 5.41) is 25.2. The maximum Gasteiger partial charge on any atom is 0.221 e. The molecule has 6 nitrogen and oxygen atoms in total. The predicted octanol–water partition coefficient (Wildman–Crippen LogP) is 0.565. The second-order valence-corrected chi connectivity index (χ2v) is 4.55. The minimum absolute atomic E-state index is 0.190. The number of rotatable bonds is 6. The van der Waals surface area contributed by atoms with Crippen molar-refractivity contribution in [3.63, 3.8) is 0 Å². The van der Waals surface area contributed by atoms with E-state index in [2.05, 4.69) is 10.6 Å². The van der Waals surface area contributed by atoms with Crippen molar-refractivity contribution in [3.8, 4) is 0 Å². The van der Waals surface area contributed by atoms with E-state index in [0.717, 1.165) is 0 Å².